The molecule has 1 aromatic rings. The minimum absolute atomic E-state index is 0.221. The van der Waals surface area contributed by atoms with Crippen molar-refractivity contribution in [1.82, 2.24) is 5.32 Å². The van der Waals surface area contributed by atoms with Crippen LogP contribution in [0.3, 0.4) is 0 Å². The van der Waals surface area contributed by atoms with Crippen molar-refractivity contribution in [1.29, 1.82) is 0 Å². The monoisotopic (exact) mass is 275 g/mol. The average Bonchev–Trinajstić information content (AvgIpc) is 2.42. The first-order valence-corrected chi connectivity index (χ1v) is 7.04. The summed E-state index contributed by atoms with van der Waals surface area (Å²) >= 11 is 0. The Labute approximate surface area is 118 Å². The predicted molar refractivity (Wildman–Crippen MR) is 78.7 cm³/mol. The molecule has 1 aliphatic rings. The van der Waals surface area contributed by atoms with Crippen LogP contribution in [0.1, 0.15) is 48.0 Å². The van der Waals surface area contributed by atoms with E-state index in [9.17, 15) is 9.59 Å². The molecule has 4 N–H and O–H groups in total. The van der Waals surface area contributed by atoms with Gasteiger partial charge in [-0.25, -0.2) is 4.79 Å². The molecular weight excluding hydrogens is 254 g/mol. The zero-order chi connectivity index (χ0) is 14.5. The molecule has 20 heavy (non-hydrogen) atoms. The Kier molecular flexibility index (Phi) is 4.61. The largest absolute Gasteiger partial charge is 0.366 e. The highest BCUT2D eigenvalue weighted by Gasteiger charge is 2.16. The van der Waals surface area contributed by atoms with Crippen LogP contribution in [0.5, 0.6) is 0 Å². The summed E-state index contributed by atoms with van der Waals surface area (Å²) in [6.07, 6.45) is 5.66. The quantitative estimate of drug-likeness (QED) is 0.792. The number of nitrogens with two attached hydrogens (primary N) is 1. The number of primary amides is 1. The number of amides is 3. The Hall–Kier alpha value is -2.04. The molecule has 0 saturated heterocycles. The zero-order valence-corrected chi connectivity index (χ0v) is 11.7. The van der Waals surface area contributed by atoms with Crippen LogP contribution in [-0.2, 0) is 0 Å². The highest BCUT2D eigenvalue weighted by Crippen LogP contribution is 2.19. The van der Waals surface area contributed by atoms with Crippen LogP contribution in [-0.4, -0.2) is 18.0 Å². The van der Waals surface area contributed by atoms with E-state index in [1.54, 1.807) is 18.2 Å². The summed E-state index contributed by atoms with van der Waals surface area (Å²) in [5, 5.41) is 5.77. The molecule has 1 aromatic carbocycles. The van der Waals surface area contributed by atoms with Gasteiger partial charge in [0, 0.05) is 17.3 Å². The van der Waals surface area contributed by atoms with Gasteiger partial charge in [0.15, 0.2) is 0 Å². The second kappa shape index (κ2) is 6.41. The van der Waals surface area contributed by atoms with E-state index >= 15 is 0 Å². The van der Waals surface area contributed by atoms with E-state index in [2.05, 4.69) is 10.6 Å². The van der Waals surface area contributed by atoms with Gasteiger partial charge in [0.2, 0.25) is 5.91 Å². The minimum Gasteiger partial charge on any atom is -0.366 e. The smallest absolute Gasteiger partial charge is 0.319 e. The number of anilines is 1. The molecule has 0 bridgehead atoms. The van der Waals surface area contributed by atoms with Gasteiger partial charge in [-0.05, 0) is 37.5 Å². The fraction of sp³-hybridized carbons (Fsp3) is 0.467. The van der Waals surface area contributed by atoms with Crippen molar-refractivity contribution in [3.05, 3.63) is 29.3 Å². The topological polar surface area (TPSA) is 84.2 Å². The Morgan fingerprint density at radius 3 is 2.55 bits per heavy atom. The van der Waals surface area contributed by atoms with Crippen LogP contribution in [0.15, 0.2) is 18.2 Å². The molecule has 108 valence electrons. The molecule has 0 spiro atoms. The summed E-state index contributed by atoms with van der Waals surface area (Å²) in [5.74, 6) is -0.499. The third-order valence-corrected chi connectivity index (χ3v) is 3.71. The van der Waals surface area contributed by atoms with E-state index in [1.165, 1.54) is 19.3 Å². The van der Waals surface area contributed by atoms with Crippen LogP contribution in [0.25, 0.3) is 0 Å². The van der Waals surface area contributed by atoms with E-state index in [-0.39, 0.29) is 12.1 Å². The fourth-order valence-corrected chi connectivity index (χ4v) is 2.50. The minimum atomic E-state index is -0.499. The summed E-state index contributed by atoms with van der Waals surface area (Å²) in [5.41, 5.74) is 7.15. The van der Waals surface area contributed by atoms with E-state index in [4.69, 9.17) is 5.73 Å². The molecule has 1 saturated carbocycles. The van der Waals surface area contributed by atoms with Gasteiger partial charge in [-0.2, -0.15) is 0 Å². The molecule has 5 nitrogen and oxygen atoms in total. The van der Waals surface area contributed by atoms with Crippen LogP contribution in [0.4, 0.5) is 10.5 Å². The van der Waals surface area contributed by atoms with Gasteiger partial charge in [0.05, 0.1) is 0 Å². The second-order valence-electron chi connectivity index (χ2n) is 5.33. The van der Waals surface area contributed by atoms with Gasteiger partial charge < -0.3 is 16.4 Å². The first kappa shape index (κ1) is 14.4. The number of benzene rings is 1. The molecule has 0 atom stereocenters. The first-order chi connectivity index (χ1) is 9.56. The molecule has 0 unspecified atom stereocenters. The van der Waals surface area contributed by atoms with Gasteiger partial charge in [0.1, 0.15) is 0 Å². The van der Waals surface area contributed by atoms with Gasteiger partial charge in [0.25, 0.3) is 0 Å². The van der Waals surface area contributed by atoms with Crippen molar-refractivity contribution in [3.63, 3.8) is 0 Å². The number of carbonyl (C=O) groups is 2. The summed E-state index contributed by atoms with van der Waals surface area (Å²) in [7, 11) is 0. The molecule has 5 heteroatoms. The number of nitrogens with one attached hydrogen (secondary N) is 2. The SMILES string of the molecule is Cc1ccc(C(N)=O)cc1NC(=O)NC1CCCCC1. The van der Waals surface area contributed by atoms with Crippen LogP contribution in [0, 0.1) is 6.92 Å². The highest BCUT2D eigenvalue weighted by atomic mass is 16.2. The van der Waals surface area contributed by atoms with Crippen LogP contribution < -0.4 is 16.4 Å². The molecule has 1 fully saturated rings. The van der Waals surface area contributed by atoms with Gasteiger partial charge in [-0.1, -0.05) is 25.3 Å². The van der Waals surface area contributed by atoms with E-state index < -0.39 is 5.91 Å². The Balaban J connectivity index is 1.99. The van der Waals surface area contributed by atoms with Crippen molar-refractivity contribution in [2.75, 3.05) is 5.32 Å². The van der Waals surface area contributed by atoms with Crippen molar-refractivity contribution in [2.45, 2.75) is 45.1 Å². The molecule has 3 amide bonds. The highest BCUT2D eigenvalue weighted by molar-refractivity contribution is 5.96. The van der Waals surface area contributed by atoms with Crippen LogP contribution >= 0.6 is 0 Å². The maximum absolute atomic E-state index is 12.0. The zero-order valence-electron chi connectivity index (χ0n) is 11.7. The number of urea groups is 1. The van der Waals surface area contributed by atoms with Gasteiger partial charge in [-0.15, -0.1) is 0 Å². The predicted octanol–water partition coefficient (Wildman–Crippen LogP) is 2.55. The maximum Gasteiger partial charge on any atom is 0.319 e. The number of hydrogen-bond donors (Lipinski definition) is 3. The van der Waals surface area contributed by atoms with Crippen molar-refractivity contribution in [3.8, 4) is 0 Å². The van der Waals surface area contributed by atoms with Crippen molar-refractivity contribution >= 4 is 17.6 Å². The van der Waals surface area contributed by atoms with Gasteiger partial charge >= 0.3 is 6.03 Å². The van der Waals surface area contributed by atoms with Crippen LogP contribution in [0.2, 0.25) is 0 Å². The summed E-state index contributed by atoms with van der Waals surface area (Å²) in [4.78, 5) is 23.1. The molecule has 0 aromatic heterocycles. The standard InChI is InChI=1S/C15H21N3O2/c1-10-7-8-11(14(16)19)9-13(10)18-15(20)17-12-5-3-2-4-6-12/h7-9,12H,2-6H2,1H3,(H2,16,19)(H2,17,18,20). The van der Waals surface area contributed by atoms with Crippen molar-refractivity contribution < 1.29 is 9.59 Å². The third-order valence-electron chi connectivity index (χ3n) is 3.71. The number of carbonyl (C=O) groups excluding carboxylic acids is 2. The lowest BCUT2D eigenvalue weighted by molar-refractivity contribution is 0.100. The lowest BCUT2D eigenvalue weighted by atomic mass is 9.96. The average molecular weight is 275 g/mol. The molecule has 0 radical (unpaired) electrons. The van der Waals surface area contributed by atoms with Crippen molar-refractivity contribution in [2.24, 2.45) is 5.73 Å². The summed E-state index contributed by atoms with van der Waals surface area (Å²) < 4.78 is 0. The first-order valence-electron chi connectivity index (χ1n) is 7.04. The van der Waals surface area contributed by atoms with E-state index in [1.807, 2.05) is 6.92 Å². The normalized spacial score (nSPS) is 15.7. The van der Waals surface area contributed by atoms with Gasteiger partial charge in [-0.3, -0.25) is 4.79 Å². The van der Waals surface area contributed by atoms with E-state index in [0.717, 1.165) is 18.4 Å². The molecule has 0 heterocycles. The number of rotatable bonds is 3. The van der Waals surface area contributed by atoms with E-state index in [0.29, 0.717) is 11.3 Å². The summed E-state index contributed by atoms with van der Waals surface area (Å²) in [6.45, 7) is 1.88. The second-order valence-corrected chi connectivity index (χ2v) is 5.33. The Morgan fingerprint density at radius 2 is 1.90 bits per heavy atom. The molecular formula is C15H21N3O2. The Bertz CT molecular complexity index is 508. The number of hydrogen-bond acceptors (Lipinski definition) is 2. The summed E-state index contributed by atoms with van der Waals surface area (Å²) in [6, 6.07) is 5.07. The number of aryl methyl sites for hydroxylation is 1. The maximum atomic E-state index is 12.0. The lowest BCUT2D eigenvalue weighted by Crippen LogP contribution is -2.39. The fourth-order valence-electron chi connectivity index (χ4n) is 2.50. The molecule has 2 rings (SSSR count). The lowest BCUT2D eigenvalue weighted by Gasteiger charge is -2.23. The molecule has 1 aliphatic carbocycles. The Morgan fingerprint density at radius 1 is 1.20 bits per heavy atom. The third kappa shape index (κ3) is 3.73. The molecule has 0 aliphatic heterocycles.